The molecule has 0 bridgehead atoms. The van der Waals surface area contributed by atoms with Gasteiger partial charge in [0.1, 0.15) is 29.4 Å². The maximum atomic E-state index is 14.3. The van der Waals surface area contributed by atoms with E-state index in [-0.39, 0.29) is 5.82 Å². The lowest BCUT2D eigenvalue weighted by Gasteiger charge is -2.24. The van der Waals surface area contributed by atoms with Crippen LogP contribution in [0.4, 0.5) is 10.2 Å². The van der Waals surface area contributed by atoms with Gasteiger partial charge in [-0.05, 0) is 25.6 Å². The van der Waals surface area contributed by atoms with Crippen LogP contribution < -0.4 is 4.90 Å². The van der Waals surface area contributed by atoms with Gasteiger partial charge in [0.2, 0.25) is 5.89 Å². The molecule has 4 heterocycles. The van der Waals surface area contributed by atoms with Gasteiger partial charge in [0.25, 0.3) is 0 Å². The van der Waals surface area contributed by atoms with Gasteiger partial charge in [-0.15, -0.1) is 0 Å². The van der Waals surface area contributed by atoms with Crippen molar-refractivity contribution >= 4 is 16.9 Å². The van der Waals surface area contributed by atoms with E-state index in [9.17, 15) is 4.39 Å². The van der Waals surface area contributed by atoms with Crippen LogP contribution >= 0.6 is 0 Å². The smallest absolute Gasteiger partial charge is 0.208 e. The zero-order chi connectivity index (χ0) is 22.2. The Morgan fingerprint density at radius 3 is 2.81 bits per heavy atom. The number of halogens is 1. The second kappa shape index (κ2) is 8.31. The number of benzene rings is 1. The highest BCUT2D eigenvalue weighted by atomic mass is 19.1. The summed E-state index contributed by atoms with van der Waals surface area (Å²) in [4.78, 5) is 17.9. The molecule has 166 valence electrons. The lowest BCUT2D eigenvalue weighted by molar-refractivity contribution is 0.223. The number of hydrogen-bond acceptors (Lipinski definition) is 7. The van der Waals surface area contributed by atoms with Gasteiger partial charge in [-0.1, -0.05) is 26.0 Å². The summed E-state index contributed by atoms with van der Waals surface area (Å²) in [6.45, 7) is 6.55. The van der Waals surface area contributed by atoms with Crippen molar-refractivity contribution in [2.45, 2.75) is 38.8 Å². The van der Waals surface area contributed by atoms with Gasteiger partial charge in [-0.3, -0.25) is 4.90 Å². The Kier molecular flexibility index (Phi) is 5.34. The van der Waals surface area contributed by atoms with Crippen LogP contribution in [0.15, 0.2) is 47.4 Å². The first-order valence-corrected chi connectivity index (χ1v) is 10.8. The molecule has 1 fully saturated rings. The average molecular weight is 436 g/mol. The molecule has 5 rings (SSSR count). The number of nitrogens with zero attached hydrogens (tertiary/aromatic N) is 7. The van der Waals surface area contributed by atoms with Crippen molar-refractivity contribution in [3.8, 4) is 5.69 Å². The Balaban J connectivity index is 1.35. The molecule has 8 nitrogen and oxygen atoms in total. The first kappa shape index (κ1) is 20.6. The Hall–Kier alpha value is -3.33. The second-order valence-corrected chi connectivity index (χ2v) is 8.56. The van der Waals surface area contributed by atoms with Crippen molar-refractivity contribution in [3.63, 3.8) is 0 Å². The van der Waals surface area contributed by atoms with E-state index >= 15 is 0 Å². The Morgan fingerprint density at radius 2 is 2.03 bits per heavy atom. The maximum Gasteiger partial charge on any atom is 0.208 e. The molecular formula is C23H26FN7O. The number of fused-ring (bicyclic) bond motifs is 1. The van der Waals surface area contributed by atoms with Crippen LogP contribution in [0, 0.1) is 5.82 Å². The minimum atomic E-state index is -0.340. The van der Waals surface area contributed by atoms with Gasteiger partial charge >= 0.3 is 0 Å². The molecule has 3 aromatic heterocycles. The van der Waals surface area contributed by atoms with Crippen LogP contribution in [0.2, 0.25) is 0 Å². The number of para-hydroxylation sites is 1. The second-order valence-electron chi connectivity index (χ2n) is 8.56. The molecule has 0 N–H and O–H groups in total. The lowest BCUT2D eigenvalue weighted by Crippen LogP contribution is -2.34. The van der Waals surface area contributed by atoms with Gasteiger partial charge < -0.3 is 9.32 Å². The molecule has 1 saturated heterocycles. The highest BCUT2D eigenvalue weighted by Crippen LogP contribution is 2.29. The SMILES string of the molecule is CC(C)c1cnc(CN(C)C2CCN(c3ncnc4c3cnn4-c3ccccc3F)C2)o1. The van der Waals surface area contributed by atoms with Crippen LogP contribution in [0.25, 0.3) is 16.7 Å². The normalized spacial score (nSPS) is 16.7. The highest BCUT2D eigenvalue weighted by molar-refractivity contribution is 5.87. The molecule has 1 aliphatic heterocycles. The Labute approximate surface area is 185 Å². The van der Waals surface area contributed by atoms with E-state index in [0.29, 0.717) is 29.8 Å². The van der Waals surface area contributed by atoms with E-state index in [4.69, 9.17) is 4.42 Å². The molecule has 0 saturated carbocycles. The number of rotatable bonds is 6. The van der Waals surface area contributed by atoms with Gasteiger partial charge in [0.15, 0.2) is 5.65 Å². The van der Waals surface area contributed by atoms with Gasteiger partial charge in [-0.25, -0.2) is 24.0 Å². The minimum Gasteiger partial charge on any atom is -0.444 e. The zero-order valence-electron chi connectivity index (χ0n) is 18.4. The van der Waals surface area contributed by atoms with Crippen LogP contribution in [0.5, 0.6) is 0 Å². The van der Waals surface area contributed by atoms with Crippen molar-refractivity contribution in [1.29, 1.82) is 0 Å². The summed E-state index contributed by atoms with van der Waals surface area (Å²) in [6, 6.07) is 6.90. The number of anilines is 1. The Morgan fingerprint density at radius 1 is 1.19 bits per heavy atom. The average Bonchev–Trinajstić information content (AvgIpc) is 3.53. The predicted molar refractivity (Wildman–Crippen MR) is 119 cm³/mol. The number of oxazole rings is 1. The molecule has 0 amide bonds. The van der Waals surface area contributed by atoms with E-state index in [1.165, 1.54) is 17.1 Å². The summed E-state index contributed by atoms with van der Waals surface area (Å²) in [5, 5.41) is 5.21. The van der Waals surface area contributed by atoms with Gasteiger partial charge in [-0.2, -0.15) is 5.10 Å². The van der Waals surface area contributed by atoms with Gasteiger partial charge in [0, 0.05) is 25.0 Å². The summed E-state index contributed by atoms with van der Waals surface area (Å²) in [5.41, 5.74) is 0.968. The lowest BCUT2D eigenvalue weighted by atomic mass is 10.2. The largest absolute Gasteiger partial charge is 0.444 e. The molecule has 0 radical (unpaired) electrons. The van der Waals surface area contributed by atoms with Gasteiger partial charge in [0.05, 0.1) is 24.3 Å². The quantitative estimate of drug-likeness (QED) is 0.456. The topological polar surface area (TPSA) is 76.1 Å². The van der Waals surface area contributed by atoms with E-state index < -0.39 is 0 Å². The number of hydrogen-bond donors (Lipinski definition) is 0. The van der Waals surface area contributed by atoms with E-state index in [1.807, 2.05) is 6.20 Å². The predicted octanol–water partition coefficient (Wildman–Crippen LogP) is 3.78. The summed E-state index contributed by atoms with van der Waals surface area (Å²) in [5.74, 6) is 2.47. The maximum absolute atomic E-state index is 14.3. The first-order valence-electron chi connectivity index (χ1n) is 10.8. The van der Waals surface area contributed by atoms with E-state index in [1.54, 1.807) is 24.4 Å². The van der Waals surface area contributed by atoms with Crippen molar-refractivity contribution in [3.05, 3.63) is 60.5 Å². The van der Waals surface area contributed by atoms with Crippen molar-refractivity contribution in [2.24, 2.45) is 0 Å². The molecular weight excluding hydrogens is 409 g/mol. The van der Waals surface area contributed by atoms with E-state index in [0.717, 1.165) is 42.4 Å². The van der Waals surface area contributed by atoms with Crippen LogP contribution in [-0.4, -0.2) is 55.8 Å². The monoisotopic (exact) mass is 435 g/mol. The molecule has 0 spiro atoms. The standard InChI is InChI=1S/C23H26FN7O/c1-15(2)20-11-25-21(32-20)13-29(3)16-8-9-30(12-16)22-17-10-28-31(23(17)27-14-26-22)19-7-5-4-6-18(19)24/h4-7,10-11,14-16H,8-9,12-13H2,1-3H3. The van der Waals surface area contributed by atoms with Crippen LogP contribution in [-0.2, 0) is 6.54 Å². The third-order valence-corrected chi connectivity index (χ3v) is 6.04. The third kappa shape index (κ3) is 3.73. The number of likely N-dealkylation sites (N-methyl/N-ethyl adjacent to an activating group) is 1. The fourth-order valence-corrected chi connectivity index (χ4v) is 4.18. The number of aromatic nitrogens is 5. The molecule has 0 aliphatic carbocycles. The molecule has 4 aromatic rings. The third-order valence-electron chi connectivity index (χ3n) is 6.04. The summed E-state index contributed by atoms with van der Waals surface area (Å²) >= 11 is 0. The molecule has 1 aromatic carbocycles. The summed E-state index contributed by atoms with van der Waals surface area (Å²) in [6.07, 6.45) is 6.06. The van der Waals surface area contributed by atoms with E-state index in [2.05, 4.69) is 50.7 Å². The molecule has 1 aliphatic rings. The van der Waals surface area contributed by atoms with Crippen molar-refractivity contribution < 1.29 is 8.81 Å². The first-order chi connectivity index (χ1) is 15.5. The highest BCUT2D eigenvalue weighted by Gasteiger charge is 2.29. The molecule has 9 heteroatoms. The molecule has 32 heavy (non-hydrogen) atoms. The summed E-state index contributed by atoms with van der Waals surface area (Å²) in [7, 11) is 2.10. The van der Waals surface area contributed by atoms with Crippen molar-refractivity contribution in [2.75, 3.05) is 25.0 Å². The van der Waals surface area contributed by atoms with Crippen molar-refractivity contribution in [1.82, 2.24) is 29.6 Å². The minimum absolute atomic E-state index is 0.328. The zero-order valence-corrected chi connectivity index (χ0v) is 18.4. The fraction of sp³-hybridized carbons (Fsp3) is 0.391. The Bertz CT molecular complexity index is 1230. The van der Waals surface area contributed by atoms with Crippen LogP contribution in [0.1, 0.15) is 37.8 Å². The fourth-order valence-electron chi connectivity index (χ4n) is 4.18. The molecule has 1 atom stereocenters. The molecule has 1 unspecified atom stereocenters. The summed E-state index contributed by atoms with van der Waals surface area (Å²) < 4.78 is 21.7. The van der Waals surface area contributed by atoms with Crippen LogP contribution in [0.3, 0.4) is 0 Å².